The van der Waals surface area contributed by atoms with Gasteiger partial charge in [0.1, 0.15) is 16.5 Å². The number of nitrogens with zero attached hydrogens (tertiary/aromatic N) is 1. The number of rotatable bonds is 4. The average Bonchev–Trinajstić information content (AvgIpc) is 2.61. The third-order valence-electron chi connectivity index (χ3n) is 3.47. The smallest absolute Gasteiger partial charge is 0.195 e. The lowest BCUT2D eigenvalue weighted by Crippen LogP contribution is -2.02. The Hall–Kier alpha value is -2.12. The van der Waals surface area contributed by atoms with Gasteiger partial charge in [0.2, 0.25) is 0 Å². The second-order valence-corrected chi connectivity index (χ2v) is 6.59. The maximum Gasteiger partial charge on any atom is 0.195 e. The zero-order chi connectivity index (χ0) is 18.8. The highest BCUT2D eigenvalue weighted by molar-refractivity contribution is 7.98. The minimum atomic E-state index is -1.91. The maximum atomic E-state index is 14.2. The molecular weight excluding hydrogens is 393 g/mol. The Labute approximate surface area is 154 Å². The van der Waals surface area contributed by atoms with Gasteiger partial charge in [-0.25, -0.2) is 26.9 Å². The third-order valence-corrected chi connectivity index (χ3v) is 4.93. The highest BCUT2D eigenvalue weighted by Crippen LogP contribution is 2.35. The molecular formula is C18H9ClF5NS. The molecule has 0 unspecified atom stereocenters. The zero-order valence-electron chi connectivity index (χ0n) is 12.9. The van der Waals surface area contributed by atoms with Crippen LogP contribution >= 0.6 is 23.4 Å². The summed E-state index contributed by atoms with van der Waals surface area (Å²) in [4.78, 5) is 3.84. The molecule has 0 amide bonds. The van der Waals surface area contributed by atoms with Crippen LogP contribution in [0.25, 0.3) is 11.3 Å². The molecule has 0 radical (unpaired) electrons. The number of benzene rings is 2. The molecule has 26 heavy (non-hydrogen) atoms. The monoisotopic (exact) mass is 401 g/mol. The van der Waals surface area contributed by atoms with Crippen molar-refractivity contribution in [2.45, 2.75) is 10.8 Å². The summed E-state index contributed by atoms with van der Waals surface area (Å²) in [6.07, 6.45) is 0. The second kappa shape index (κ2) is 7.63. The van der Waals surface area contributed by atoms with E-state index in [0.29, 0.717) is 5.75 Å². The molecule has 0 saturated carbocycles. The van der Waals surface area contributed by atoms with Gasteiger partial charge < -0.3 is 0 Å². The third kappa shape index (κ3) is 3.68. The predicted molar refractivity (Wildman–Crippen MR) is 90.5 cm³/mol. The van der Waals surface area contributed by atoms with E-state index in [-0.39, 0.29) is 16.1 Å². The fraction of sp³-hybridized carbons (Fsp3) is 0.0556. The van der Waals surface area contributed by atoms with Gasteiger partial charge in [-0.1, -0.05) is 41.9 Å². The van der Waals surface area contributed by atoms with E-state index in [1.165, 1.54) is 0 Å². The molecule has 1 nitrogen and oxygen atoms in total. The van der Waals surface area contributed by atoms with Gasteiger partial charge >= 0.3 is 0 Å². The highest BCUT2D eigenvalue weighted by Gasteiger charge is 2.25. The van der Waals surface area contributed by atoms with E-state index in [2.05, 4.69) is 4.98 Å². The van der Waals surface area contributed by atoms with Crippen molar-refractivity contribution in [1.82, 2.24) is 4.98 Å². The minimum Gasteiger partial charge on any atom is -0.237 e. The fourth-order valence-electron chi connectivity index (χ4n) is 2.24. The molecule has 3 aromatic rings. The topological polar surface area (TPSA) is 12.9 Å². The molecule has 1 heterocycles. The molecule has 1 aromatic heterocycles. The van der Waals surface area contributed by atoms with Gasteiger partial charge in [0.15, 0.2) is 23.3 Å². The SMILES string of the molecule is Fc1cc(Cl)c(SCc2ccccc2)nc1-c1c(F)cc(F)c(F)c1F. The lowest BCUT2D eigenvalue weighted by atomic mass is 10.1. The molecule has 3 rings (SSSR count). The average molecular weight is 402 g/mol. The molecule has 0 spiro atoms. The van der Waals surface area contributed by atoms with Crippen LogP contribution in [0.15, 0.2) is 47.5 Å². The molecule has 134 valence electrons. The van der Waals surface area contributed by atoms with Crippen LogP contribution in [-0.2, 0) is 5.75 Å². The first-order valence-electron chi connectivity index (χ1n) is 7.24. The Morgan fingerprint density at radius 2 is 1.54 bits per heavy atom. The van der Waals surface area contributed by atoms with Gasteiger partial charge in [0.25, 0.3) is 0 Å². The Balaban J connectivity index is 2.03. The van der Waals surface area contributed by atoms with Crippen LogP contribution in [0.5, 0.6) is 0 Å². The molecule has 0 fully saturated rings. The van der Waals surface area contributed by atoms with E-state index in [9.17, 15) is 22.0 Å². The summed E-state index contributed by atoms with van der Waals surface area (Å²) in [5.41, 5.74) is -0.940. The summed E-state index contributed by atoms with van der Waals surface area (Å²) in [6.45, 7) is 0. The molecule has 0 saturated heterocycles. The summed E-state index contributed by atoms with van der Waals surface area (Å²) >= 11 is 7.06. The van der Waals surface area contributed by atoms with E-state index in [1.54, 1.807) is 0 Å². The van der Waals surface area contributed by atoms with Crippen molar-refractivity contribution in [3.63, 3.8) is 0 Å². The highest BCUT2D eigenvalue weighted by atomic mass is 35.5. The minimum absolute atomic E-state index is 0.0596. The van der Waals surface area contributed by atoms with Crippen LogP contribution in [0, 0.1) is 29.1 Å². The second-order valence-electron chi connectivity index (χ2n) is 5.22. The van der Waals surface area contributed by atoms with Gasteiger partial charge in [0, 0.05) is 11.8 Å². The predicted octanol–water partition coefficient (Wildman–Crippen LogP) is 6.39. The number of hydrogen-bond acceptors (Lipinski definition) is 2. The Bertz CT molecular complexity index is 966. The van der Waals surface area contributed by atoms with Crippen LogP contribution in [0.4, 0.5) is 22.0 Å². The van der Waals surface area contributed by atoms with Crippen molar-refractivity contribution >= 4 is 23.4 Å². The normalized spacial score (nSPS) is 11.0. The van der Waals surface area contributed by atoms with Crippen molar-refractivity contribution < 1.29 is 22.0 Å². The molecule has 0 bridgehead atoms. The zero-order valence-corrected chi connectivity index (χ0v) is 14.4. The van der Waals surface area contributed by atoms with Crippen molar-refractivity contribution in [1.29, 1.82) is 0 Å². The number of hydrogen-bond donors (Lipinski definition) is 0. The molecule has 0 aliphatic rings. The van der Waals surface area contributed by atoms with Gasteiger partial charge in [-0.15, -0.1) is 11.8 Å². The summed E-state index contributed by atoms with van der Waals surface area (Å²) < 4.78 is 68.6. The van der Waals surface area contributed by atoms with Crippen molar-refractivity contribution in [2.75, 3.05) is 0 Å². The fourth-order valence-corrected chi connectivity index (χ4v) is 3.39. The first-order chi connectivity index (χ1) is 12.4. The first kappa shape index (κ1) is 18.7. The van der Waals surface area contributed by atoms with E-state index >= 15 is 0 Å². The maximum absolute atomic E-state index is 14.2. The van der Waals surface area contributed by atoms with Crippen LogP contribution in [0.1, 0.15) is 5.56 Å². The van der Waals surface area contributed by atoms with E-state index in [4.69, 9.17) is 11.6 Å². The lowest BCUT2D eigenvalue weighted by molar-refractivity contribution is 0.436. The number of aromatic nitrogens is 1. The van der Waals surface area contributed by atoms with Gasteiger partial charge in [-0.3, -0.25) is 0 Å². The summed E-state index contributed by atoms with van der Waals surface area (Å²) in [5, 5.41) is 0.0473. The Morgan fingerprint density at radius 3 is 2.23 bits per heavy atom. The molecule has 0 aliphatic carbocycles. The summed E-state index contributed by atoms with van der Waals surface area (Å²) in [6, 6.07) is 10.2. The van der Waals surface area contributed by atoms with Crippen molar-refractivity contribution in [2.24, 2.45) is 0 Å². The van der Waals surface area contributed by atoms with Crippen molar-refractivity contribution in [3.8, 4) is 11.3 Å². The first-order valence-corrected chi connectivity index (χ1v) is 8.61. The van der Waals surface area contributed by atoms with E-state index < -0.39 is 40.3 Å². The largest absolute Gasteiger partial charge is 0.237 e. The molecule has 8 heteroatoms. The molecule has 2 aromatic carbocycles. The van der Waals surface area contributed by atoms with Crippen LogP contribution in [-0.4, -0.2) is 4.98 Å². The molecule has 0 N–H and O–H groups in total. The van der Waals surface area contributed by atoms with Crippen molar-refractivity contribution in [3.05, 3.63) is 82.1 Å². The van der Waals surface area contributed by atoms with Gasteiger partial charge in [-0.2, -0.15) is 0 Å². The summed E-state index contributed by atoms with van der Waals surface area (Å²) in [7, 11) is 0. The Morgan fingerprint density at radius 1 is 0.846 bits per heavy atom. The standard InChI is InChI=1S/C18H9ClF5NS/c19-10-6-13(22)17(14-11(20)7-12(21)15(23)16(14)24)25-18(10)26-8-9-4-2-1-3-5-9/h1-7H,8H2. The molecule has 0 atom stereocenters. The lowest BCUT2D eigenvalue weighted by Gasteiger charge is -2.10. The number of halogens is 6. The van der Waals surface area contributed by atoms with E-state index in [0.717, 1.165) is 23.4 Å². The molecule has 0 aliphatic heterocycles. The summed E-state index contributed by atoms with van der Waals surface area (Å²) in [5.74, 6) is -7.67. The number of thioether (sulfide) groups is 1. The van der Waals surface area contributed by atoms with Crippen LogP contribution < -0.4 is 0 Å². The number of pyridine rings is 1. The Kier molecular flexibility index (Phi) is 5.48. The van der Waals surface area contributed by atoms with E-state index in [1.807, 2.05) is 30.3 Å². The van der Waals surface area contributed by atoms with Crippen LogP contribution in [0.3, 0.4) is 0 Å². The van der Waals surface area contributed by atoms with Gasteiger partial charge in [0.05, 0.1) is 10.6 Å². The van der Waals surface area contributed by atoms with Crippen LogP contribution in [0.2, 0.25) is 5.02 Å². The quantitative estimate of drug-likeness (QED) is 0.217. The van der Waals surface area contributed by atoms with Gasteiger partial charge in [-0.05, 0) is 11.6 Å².